The first-order valence-corrected chi connectivity index (χ1v) is 8.61. The van der Waals surface area contributed by atoms with Gasteiger partial charge in [0.15, 0.2) is 0 Å². The van der Waals surface area contributed by atoms with Crippen molar-refractivity contribution in [1.82, 2.24) is 0 Å². The molecule has 0 aliphatic heterocycles. The van der Waals surface area contributed by atoms with Gasteiger partial charge < -0.3 is 5.32 Å². The van der Waals surface area contributed by atoms with E-state index in [9.17, 15) is 26.3 Å². The van der Waals surface area contributed by atoms with Crippen molar-refractivity contribution in [3.8, 4) is 0 Å². The van der Waals surface area contributed by atoms with Crippen LogP contribution in [0.2, 0.25) is 0 Å². The zero-order valence-corrected chi connectivity index (χ0v) is 14.3. The standard InChI is InChI=1S/C18H24F6N/c1-2-3-4-5-6-7-8-9-10-25-16-12-14(17(19,20)21)11-15(13-16)18(22,23)24/h11-13H,2-10H2,1H3/q-1. The normalized spacial score (nSPS) is 12.4. The zero-order valence-electron chi connectivity index (χ0n) is 14.3. The Morgan fingerprint density at radius 1 is 0.680 bits per heavy atom. The molecule has 25 heavy (non-hydrogen) atoms. The fraction of sp³-hybridized carbons (Fsp3) is 0.667. The van der Waals surface area contributed by atoms with Gasteiger partial charge >= 0.3 is 12.4 Å². The molecular weight excluding hydrogens is 344 g/mol. The number of nitrogens with zero attached hydrogens (tertiary/aromatic N) is 1. The second kappa shape index (κ2) is 9.92. The van der Waals surface area contributed by atoms with E-state index in [0.717, 1.165) is 25.7 Å². The van der Waals surface area contributed by atoms with Crippen LogP contribution in [0.15, 0.2) is 18.2 Å². The number of rotatable bonds is 10. The van der Waals surface area contributed by atoms with Gasteiger partial charge in [-0.1, -0.05) is 70.4 Å². The molecule has 0 amide bonds. The van der Waals surface area contributed by atoms with Crippen molar-refractivity contribution in [3.05, 3.63) is 34.6 Å². The van der Waals surface area contributed by atoms with E-state index in [1.807, 2.05) is 0 Å². The molecule has 0 radical (unpaired) electrons. The number of halogens is 6. The number of hydrogen-bond donors (Lipinski definition) is 0. The van der Waals surface area contributed by atoms with Gasteiger partial charge in [-0.3, -0.25) is 0 Å². The fourth-order valence-corrected chi connectivity index (χ4v) is 2.48. The molecule has 0 unspecified atom stereocenters. The molecule has 0 heterocycles. The van der Waals surface area contributed by atoms with Crippen LogP contribution >= 0.6 is 0 Å². The van der Waals surface area contributed by atoms with E-state index in [1.54, 1.807) is 0 Å². The minimum absolute atomic E-state index is 0.120. The number of unbranched alkanes of at least 4 members (excludes halogenated alkanes) is 7. The topological polar surface area (TPSA) is 14.1 Å². The maximum atomic E-state index is 12.7. The molecule has 144 valence electrons. The predicted molar refractivity (Wildman–Crippen MR) is 86.9 cm³/mol. The van der Waals surface area contributed by atoms with Crippen molar-refractivity contribution >= 4 is 5.69 Å². The highest BCUT2D eigenvalue weighted by Crippen LogP contribution is 2.39. The third-order valence-electron chi connectivity index (χ3n) is 3.88. The Hall–Kier alpha value is -1.40. The first-order valence-electron chi connectivity index (χ1n) is 8.61. The van der Waals surface area contributed by atoms with Crippen LogP contribution in [0.25, 0.3) is 5.32 Å². The molecule has 1 rings (SSSR count). The monoisotopic (exact) mass is 368 g/mol. The van der Waals surface area contributed by atoms with Crippen LogP contribution in [0, 0.1) is 0 Å². The third-order valence-corrected chi connectivity index (χ3v) is 3.88. The molecule has 1 aromatic carbocycles. The Bertz CT molecular complexity index is 475. The van der Waals surface area contributed by atoms with Gasteiger partial charge in [0.05, 0.1) is 11.1 Å². The Morgan fingerprint density at radius 2 is 1.12 bits per heavy atom. The number of benzene rings is 1. The predicted octanol–water partition coefficient (Wildman–Crippen LogP) is 7.87. The Morgan fingerprint density at radius 3 is 1.56 bits per heavy atom. The molecule has 0 aliphatic rings. The van der Waals surface area contributed by atoms with Gasteiger partial charge in [0, 0.05) is 0 Å². The van der Waals surface area contributed by atoms with Crippen molar-refractivity contribution in [2.45, 2.75) is 70.6 Å². The summed E-state index contributed by atoms with van der Waals surface area (Å²) in [5.41, 5.74) is -2.92. The third kappa shape index (κ3) is 8.50. The summed E-state index contributed by atoms with van der Waals surface area (Å²) in [6, 6.07) is 1.45. The summed E-state index contributed by atoms with van der Waals surface area (Å²) in [6.07, 6.45) is -1.27. The summed E-state index contributed by atoms with van der Waals surface area (Å²) in [5, 5.41) is 3.90. The average Bonchev–Trinajstić information content (AvgIpc) is 2.51. The van der Waals surface area contributed by atoms with Crippen LogP contribution in [-0.4, -0.2) is 6.54 Å². The van der Waals surface area contributed by atoms with Gasteiger partial charge in [-0.15, -0.1) is 12.2 Å². The molecule has 0 aromatic heterocycles. The molecule has 0 fully saturated rings. The van der Waals surface area contributed by atoms with Crippen LogP contribution in [0.4, 0.5) is 32.0 Å². The second-order valence-corrected chi connectivity index (χ2v) is 6.12. The van der Waals surface area contributed by atoms with Gasteiger partial charge in [0.25, 0.3) is 0 Å². The van der Waals surface area contributed by atoms with Crippen molar-refractivity contribution in [3.63, 3.8) is 0 Å². The lowest BCUT2D eigenvalue weighted by molar-refractivity contribution is -0.143. The first kappa shape index (κ1) is 21.6. The summed E-state index contributed by atoms with van der Waals surface area (Å²) in [5.74, 6) is 0. The molecule has 0 aliphatic carbocycles. The van der Waals surface area contributed by atoms with Gasteiger partial charge in [-0.05, 0) is 6.07 Å². The summed E-state index contributed by atoms with van der Waals surface area (Å²) in [4.78, 5) is 0. The highest BCUT2D eigenvalue weighted by atomic mass is 19.4. The second-order valence-electron chi connectivity index (χ2n) is 6.12. The molecule has 0 spiro atoms. The largest absolute Gasteiger partial charge is 0.684 e. The highest BCUT2D eigenvalue weighted by molar-refractivity contribution is 5.54. The highest BCUT2D eigenvalue weighted by Gasteiger charge is 2.36. The van der Waals surface area contributed by atoms with Crippen LogP contribution in [0.1, 0.15) is 69.4 Å². The van der Waals surface area contributed by atoms with Gasteiger partial charge in [0.2, 0.25) is 0 Å². The zero-order chi connectivity index (χ0) is 18.9. The summed E-state index contributed by atoms with van der Waals surface area (Å²) < 4.78 is 76.5. The number of hydrogen-bond acceptors (Lipinski definition) is 0. The lowest BCUT2D eigenvalue weighted by Gasteiger charge is -2.24. The van der Waals surface area contributed by atoms with Crippen LogP contribution < -0.4 is 0 Å². The Balaban J connectivity index is 2.50. The summed E-state index contributed by atoms with van der Waals surface area (Å²) in [6.45, 7) is 2.37. The maximum absolute atomic E-state index is 12.7. The van der Waals surface area contributed by atoms with E-state index in [4.69, 9.17) is 0 Å². The lowest BCUT2D eigenvalue weighted by atomic mass is 10.1. The number of alkyl halides is 6. The molecule has 1 aromatic rings. The molecule has 0 bridgehead atoms. The molecule has 1 nitrogen and oxygen atoms in total. The average molecular weight is 368 g/mol. The SMILES string of the molecule is CCCCCCCCCC[N-]c1cc(C(F)(F)F)cc(C(F)(F)F)c1. The Kier molecular flexibility index (Phi) is 8.59. The quantitative estimate of drug-likeness (QED) is 0.295. The van der Waals surface area contributed by atoms with Crippen molar-refractivity contribution < 1.29 is 26.3 Å². The summed E-state index contributed by atoms with van der Waals surface area (Å²) >= 11 is 0. The lowest BCUT2D eigenvalue weighted by Crippen LogP contribution is -2.10. The van der Waals surface area contributed by atoms with Gasteiger partial charge in [-0.25, -0.2) is 0 Å². The van der Waals surface area contributed by atoms with E-state index in [2.05, 4.69) is 12.2 Å². The van der Waals surface area contributed by atoms with Crippen molar-refractivity contribution in [2.24, 2.45) is 0 Å². The minimum atomic E-state index is -4.83. The smallest absolute Gasteiger partial charge is 0.416 e. The van der Waals surface area contributed by atoms with Gasteiger partial charge in [-0.2, -0.15) is 26.3 Å². The van der Waals surface area contributed by atoms with Crippen LogP contribution in [0.5, 0.6) is 0 Å². The van der Waals surface area contributed by atoms with E-state index in [1.165, 1.54) is 19.3 Å². The van der Waals surface area contributed by atoms with Gasteiger partial charge in [0.1, 0.15) is 0 Å². The van der Waals surface area contributed by atoms with E-state index in [-0.39, 0.29) is 18.3 Å². The molecule has 7 heteroatoms. The maximum Gasteiger partial charge on any atom is 0.416 e. The van der Waals surface area contributed by atoms with Crippen molar-refractivity contribution in [1.29, 1.82) is 0 Å². The minimum Gasteiger partial charge on any atom is -0.684 e. The van der Waals surface area contributed by atoms with E-state index < -0.39 is 23.5 Å². The molecule has 0 atom stereocenters. The molecule has 0 N–H and O–H groups in total. The summed E-state index contributed by atoms with van der Waals surface area (Å²) in [7, 11) is 0. The van der Waals surface area contributed by atoms with E-state index in [0.29, 0.717) is 18.6 Å². The Labute approximate surface area is 144 Å². The van der Waals surface area contributed by atoms with Crippen LogP contribution in [-0.2, 0) is 12.4 Å². The van der Waals surface area contributed by atoms with Crippen molar-refractivity contribution in [2.75, 3.05) is 6.54 Å². The first-order chi connectivity index (χ1) is 11.6. The molecular formula is C18H24F6N-. The fourth-order valence-electron chi connectivity index (χ4n) is 2.48. The molecule has 0 saturated carbocycles. The van der Waals surface area contributed by atoms with Crippen LogP contribution in [0.3, 0.4) is 0 Å². The molecule has 0 saturated heterocycles. The van der Waals surface area contributed by atoms with E-state index >= 15 is 0 Å².